The van der Waals surface area contributed by atoms with Crippen molar-refractivity contribution in [3.8, 4) is 33.4 Å². The molecule has 0 fully saturated rings. The van der Waals surface area contributed by atoms with Crippen LogP contribution in [0.15, 0.2) is 115 Å². The molecule has 0 aliphatic heterocycles. The molecule has 0 spiro atoms. The van der Waals surface area contributed by atoms with Crippen molar-refractivity contribution < 1.29 is 4.39 Å². The monoisotopic (exact) mass is 374 g/mol. The third-order valence-corrected chi connectivity index (χ3v) is 5.33. The van der Waals surface area contributed by atoms with Crippen molar-refractivity contribution >= 4 is 10.8 Å². The van der Waals surface area contributed by atoms with Crippen LogP contribution >= 0.6 is 0 Å². The lowest BCUT2D eigenvalue weighted by Gasteiger charge is -2.19. The van der Waals surface area contributed by atoms with Gasteiger partial charge in [0.15, 0.2) is 0 Å². The highest BCUT2D eigenvalue weighted by molar-refractivity contribution is 6.09. The Morgan fingerprint density at radius 2 is 1.00 bits per heavy atom. The summed E-state index contributed by atoms with van der Waals surface area (Å²) in [5, 5.41) is 2.38. The summed E-state index contributed by atoms with van der Waals surface area (Å²) in [6.45, 7) is 0. The van der Waals surface area contributed by atoms with Crippen molar-refractivity contribution in [2.24, 2.45) is 0 Å². The van der Waals surface area contributed by atoms with Gasteiger partial charge in [0.05, 0.1) is 0 Å². The molecule has 0 unspecified atom stereocenters. The largest absolute Gasteiger partial charge is 0.207 e. The number of rotatable bonds is 3. The van der Waals surface area contributed by atoms with Gasteiger partial charge in [0.25, 0.3) is 0 Å². The normalized spacial score (nSPS) is 10.9. The Balaban J connectivity index is 1.95. The molecule has 29 heavy (non-hydrogen) atoms. The third kappa shape index (κ3) is 3.21. The summed E-state index contributed by atoms with van der Waals surface area (Å²) in [6.07, 6.45) is 0. The van der Waals surface area contributed by atoms with Gasteiger partial charge in [0.2, 0.25) is 0 Å². The van der Waals surface area contributed by atoms with Gasteiger partial charge in [-0.15, -0.1) is 0 Å². The molecule has 0 aliphatic carbocycles. The van der Waals surface area contributed by atoms with Gasteiger partial charge < -0.3 is 0 Å². The molecule has 0 amide bonds. The maximum Gasteiger partial charge on any atom is 0.123 e. The second-order valence-electron chi connectivity index (χ2n) is 7.13. The fourth-order valence-electron chi connectivity index (χ4n) is 4.01. The molecule has 0 atom stereocenters. The van der Waals surface area contributed by atoms with E-state index in [0.29, 0.717) is 0 Å². The second kappa shape index (κ2) is 7.37. The Hall–Kier alpha value is -3.71. The van der Waals surface area contributed by atoms with Crippen molar-refractivity contribution in [2.75, 3.05) is 0 Å². The minimum atomic E-state index is -0.223. The summed E-state index contributed by atoms with van der Waals surface area (Å²) in [5.41, 5.74) is 6.81. The summed E-state index contributed by atoms with van der Waals surface area (Å²) < 4.78 is 13.6. The Morgan fingerprint density at radius 3 is 1.66 bits per heavy atom. The molecule has 0 aliphatic rings. The van der Waals surface area contributed by atoms with Crippen LogP contribution in [0.25, 0.3) is 44.2 Å². The van der Waals surface area contributed by atoms with Crippen molar-refractivity contribution in [1.29, 1.82) is 0 Å². The first-order valence-electron chi connectivity index (χ1n) is 9.74. The Kier molecular flexibility index (Phi) is 4.42. The van der Waals surface area contributed by atoms with E-state index in [2.05, 4.69) is 78.9 Å². The van der Waals surface area contributed by atoms with E-state index in [0.717, 1.165) is 16.7 Å². The first-order valence-corrected chi connectivity index (χ1v) is 9.74. The number of fused-ring (bicyclic) bond motifs is 1. The predicted molar refractivity (Wildman–Crippen MR) is 120 cm³/mol. The van der Waals surface area contributed by atoms with Gasteiger partial charge in [0.1, 0.15) is 5.82 Å². The highest BCUT2D eigenvalue weighted by atomic mass is 19.1. The lowest BCUT2D eigenvalue weighted by molar-refractivity contribution is 0.628. The molecular formula is C28H19F. The quantitative estimate of drug-likeness (QED) is 0.300. The maximum absolute atomic E-state index is 13.6. The molecule has 138 valence electrons. The second-order valence-corrected chi connectivity index (χ2v) is 7.13. The molecule has 0 heterocycles. The SMILES string of the molecule is Fc1ccc(-c2cc3ccccc3c(-c3ccccc3)c2-c2ccccc2)cc1. The molecule has 0 N–H and O–H groups in total. The van der Waals surface area contributed by atoms with Gasteiger partial charge in [-0.25, -0.2) is 4.39 Å². The molecule has 0 nitrogen and oxygen atoms in total. The first kappa shape index (κ1) is 17.4. The predicted octanol–water partition coefficient (Wildman–Crippen LogP) is 7.98. The number of hydrogen-bond acceptors (Lipinski definition) is 0. The van der Waals surface area contributed by atoms with E-state index in [9.17, 15) is 4.39 Å². The smallest absolute Gasteiger partial charge is 0.123 e. The summed E-state index contributed by atoms with van der Waals surface area (Å²) in [6, 6.07) is 38.4. The van der Waals surface area contributed by atoms with Crippen LogP contribution in [0.5, 0.6) is 0 Å². The van der Waals surface area contributed by atoms with E-state index in [1.54, 1.807) is 0 Å². The first-order chi connectivity index (χ1) is 14.3. The van der Waals surface area contributed by atoms with Crippen LogP contribution in [0, 0.1) is 5.82 Å². The summed E-state index contributed by atoms with van der Waals surface area (Å²) in [7, 11) is 0. The zero-order valence-electron chi connectivity index (χ0n) is 15.8. The van der Waals surface area contributed by atoms with Crippen molar-refractivity contribution in [3.63, 3.8) is 0 Å². The molecule has 5 rings (SSSR count). The van der Waals surface area contributed by atoms with Crippen molar-refractivity contribution in [3.05, 3.63) is 121 Å². The Labute approximate surface area is 169 Å². The van der Waals surface area contributed by atoms with Crippen molar-refractivity contribution in [1.82, 2.24) is 0 Å². The van der Waals surface area contributed by atoms with E-state index in [1.165, 1.54) is 39.6 Å². The minimum absolute atomic E-state index is 0.223. The lowest BCUT2D eigenvalue weighted by atomic mass is 9.84. The van der Waals surface area contributed by atoms with Crippen LogP contribution in [-0.2, 0) is 0 Å². The van der Waals surface area contributed by atoms with Gasteiger partial charge in [-0.2, -0.15) is 0 Å². The van der Waals surface area contributed by atoms with Gasteiger partial charge >= 0.3 is 0 Å². The zero-order valence-corrected chi connectivity index (χ0v) is 15.8. The molecule has 1 heteroatoms. The summed E-state index contributed by atoms with van der Waals surface area (Å²) in [4.78, 5) is 0. The van der Waals surface area contributed by atoms with E-state index in [4.69, 9.17) is 0 Å². The van der Waals surface area contributed by atoms with Gasteiger partial charge in [-0.05, 0) is 62.4 Å². The molecule has 0 saturated heterocycles. The average molecular weight is 374 g/mol. The Morgan fingerprint density at radius 1 is 0.448 bits per heavy atom. The lowest BCUT2D eigenvalue weighted by Crippen LogP contribution is -1.93. The van der Waals surface area contributed by atoms with E-state index in [1.807, 2.05) is 24.3 Å². The minimum Gasteiger partial charge on any atom is -0.207 e. The number of benzene rings is 5. The van der Waals surface area contributed by atoms with E-state index < -0.39 is 0 Å². The fourth-order valence-corrected chi connectivity index (χ4v) is 4.01. The highest BCUT2D eigenvalue weighted by Crippen LogP contribution is 2.44. The number of hydrogen-bond donors (Lipinski definition) is 0. The van der Waals surface area contributed by atoms with E-state index >= 15 is 0 Å². The highest BCUT2D eigenvalue weighted by Gasteiger charge is 2.17. The van der Waals surface area contributed by atoms with Crippen LogP contribution in [-0.4, -0.2) is 0 Å². The molecule has 5 aromatic carbocycles. The number of halogens is 1. The van der Waals surface area contributed by atoms with Gasteiger partial charge in [-0.1, -0.05) is 97.1 Å². The molecule has 0 bridgehead atoms. The van der Waals surface area contributed by atoms with Crippen LogP contribution in [0.3, 0.4) is 0 Å². The van der Waals surface area contributed by atoms with E-state index in [-0.39, 0.29) is 5.82 Å². The zero-order chi connectivity index (χ0) is 19.6. The standard InChI is InChI=1S/C28H19F/c29-24-17-15-20(16-18-24)26-19-23-13-7-8-14-25(23)27(21-9-3-1-4-10-21)28(26)22-11-5-2-6-12-22/h1-19H. The molecule has 0 aromatic heterocycles. The summed E-state index contributed by atoms with van der Waals surface area (Å²) >= 11 is 0. The van der Waals surface area contributed by atoms with Crippen molar-refractivity contribution in [2.45, 2.75) is 0 Å². The molecule has 5 aromatic rings. The van der Waals surface area contributed by atoms with Crippen LogP contribution in [0.4, 0.5) is 4.39 Å². The van der Waals surface area contributed by atoms with Crippen LogP contribution in [0.2, 0.25) is 0 Å². The third-order valence-electron chi connectivity index (χ3n) is 5.33. The Bertz CT molecular complexity index is 1270. The van der Waals surface area contributed by atoms with Gasteiger partial charge in [-0.3, -0.25) is 0 Å². The molecular weight excluding hydrogens is 355 g/mol. The van der Waals surface area contributed by atoms with Crippen LogP contribution < -0.4 is 0 Å². The van der Waals surface area contributed by atoms with Crippen LogP contribution in [0.1, 0.15) is 0 Å². The fraction of sp³-hybridized carbons (Fsp3) is 0. The average Bonchev–Trinajstić information content (AvgIpc) is 2.79. The topological polar surface area (TPSA) is 0 Å². The van der Waals surface area contributed by atoms with Gasteiger partial charge in [0, 0.05) is 0 Å². The molecule has 0 saturated carbocycles. The summed E-state index contributed by atoms with van der Waals surface area (Å²) in [5.74, 6) is -0.223. The maximum atomic E-state index is 13.6. The molecule has 0 radical (unpaired) electrons.